The molecule has 0 saturated carbocycles. The van der Waals surface area contributed by atoms with Crippen LogP contribution >= 0.6 is 0 Å². The van der Waals surface area contributed by atoms with Crippen LogP contribution in [0.25, 0.3) is 10.9 Å². The summed E-state index contributed by atoms with van der Waals surface area (Å²) in [5.74, 6) is -1.11. The molecule has 0 radical (unpaired) electrons. The molecule has 1 aromatic heterocycles. The molecule has 5 atom stereocenters. The summed E-state index contributed by atoms with van der Waals surface area (Å²) in [6, 6.07) is 34.6. The van der Waals surface area contributed by atoms with Crippen molar-refractivity contribution in [2.24, 2.45) is 0 Å². The lowest BCUT2D eigenvalue weighted by Crippen LogP contribution is -2.62. The van der Waals surface area contributed by atoms with Crippen LogP contribution in [-0.4, -0.2) is 68.2 Å². The van der Waals surface area contributed by atoms with Gasteiger partial charge in [0.05, 0.1) is 30.2 Å². The smallest absolute Gasteiger partial charge is 0.303 e. The van der Waals surface area contributed by atoms with Gasteiger partial charge in [-0.25, -0.2) is 12.4 Å². The Labute approximate surface area is 303 Å². The second kappa shape index (κ2) is 17.1. The maximum atomic E-state index is 13.7. The molecule has 0 spiro atoms. The Bertz CT molecular complexity index is 2040. The molecule has 1 fully saturated rings. The van der Waals surface area contributed by atoms with Crippen molar-refractivity contribution >= 4 is 32.9 Å². The normalized spacial score (nSPS) is 20.4. The average Bonchev–Trinajstić information content (AvgIpc) is 3.53. The highest BCUT2D eigenvalue weighted by Crippen LogP contribution is 2.32. The topological polar surface area (TPSA) is 129 Å². The molecular weight excluding hydrogens is 687 g/mol. The van der Waals surface area contributed by atoms with E-state index in [4.69, 9.17) is 28.4 Å². The molecule has 6 rings (SSSR count). The molecule has 0 bridgehead atoms. The Morgan fingerprint density at radius 1 is 0.692 bits per heavy atom. The van der Waals surface area contributed by atoms with E-state index < -0.39 is 52.7 Å². The van der Waals surface area contributed by atoms with Crippen LogP contribution in [-0.2, 0) is 67.7 Å². The zero-order chi connectivity index (χ0) is 36.5. The first-order chi connectivity index (χ1) is 25.2. The van der Waals surface area contributed by atoms with Crippen LogP contribution in [0.15, 0.2) is 126 Å². The fourth-order valence-corrected chi connectivity index (χ4v) is 7.60. The lowest BCUT2D eigenvalue weighted by Gasteiger charge is -2.45. The van der Waals surface area contributed by atoms with Gasteiger partial charge in [-0.2, -0.15) is 0 Å². The van der Waals surface area contributed by atoms with Crippen LogP contribution < -0.4 is 0 Å². The third kappa shape index (κ3) is 8.95. The fourth-order valence-electron chi connectivity index (χ4n) is 6.19. The molecule has 5 aromatic rings. The van der Waals surface area contributed by atoms with Gasteiger partial charge >= 0.3 is 11.9 Å². The predicted octanol–water partition coefficient (Wildman–Crippen LogP) is 5.83. The van der Waals surface area contributed by atoms with Crippen LogP contribution in [0, 0.1) is 0 Å². The molecule has 1 saturated heterocycles. The van der Waals surface area contributed by atoms with E-state index >= 15 is 0 Å². The minimum atomic E-state index is -3.87. The lowest BCUT2D eigenvalue weighted by molar-refractivity contribution is -0.321. The largest absolute Gasteiger partial charge is 0.463 e. The van der Waals surface area contributed by atoms with Crippen molar-refractivity contribution in [1.82, 2.24) is 3.97 Å². The summed E-state index contributed by atoms with van der Waals surface area (Å²) in [6.45, 7) is 2.77. The van der Waals surface area contributed by atoms with Gasteiger partial charge in [-0.1, -0.05) is 97.1 Å². The van der Waals surface area contributed by atoms with Crippen LogP contribution in [0.3, 0.4) is 0 Å². The monoisotopic (exact) mass is 727 g/mol. The first-order valence-corrected chi connectivity index (χ1v) is 18.4. The summed E-state index contributed by atoms with van der Waals surface area (Å²) in [7, 11) is -3.87. The van der Waals surface area contributed by atoms with Crippen molar-refractivity contribution in [1.29, 1.82) is 0 Å². The zero-order valence-electron chi connectivity index (χ0n) is 28.9. The maximum Gasteiger partial charge on any atom is 0.303 e. The fraction of sp³-hybridized carbons (Fsp3) is 0.300. The zero-order valence-corrected chi connectivity index (χ0v) is 29.7. The number of carbonyl (C=O) groups is 2. The van der Waals surface area contributed by atoms with E-state index in [-0.39, 0.29) is 31.3 Å². The van der Waals surface area contributed by atoms with E-state index in [1.807, 2.05) is 72.8 Å². The number of hydrogen-bond acceptors (Lipinski definition) is 10. The molecular formula is C40H41NO10S. The molecule has 1 aliphatic rings. The summed E-state index contributed by atoms with van der Waals surface area (Å²) >= 11 is 0. The Morgan fingerprint density at radius 3 is 1.88 bits per heavy atom. The Balaban J connectivity index is 1.30. The van der Waals surface area contributed by atoms with Gasteiger partial charge in [-0.3, -0.25) is 9.59 Å². The van der Waals surface area contributed by atoms with Crippen molar-refractivity contribution < 1.29 is 46.4 Å². The highest BCUT2D eigenvalue weighted by atomic mass is 32.2. The number of fused-ring (bicyclic) bond motifs is 1. The Morgan fingerprint density at radius 2 is 1.27 bits per heavy atom. The van der Waals surface area contributed by atoms with Crippen molar-refractivity contribution in [3.05, 3.63) is 138 Å². The van der Waals surface area contributed by atoms with E-state index in [9.17, 15) is 18.0 Å². The molecule has 12 heteroatoms. The third-order valence-electron chi connectivity index (χ3n) is 8.63. The highest BCUT2D eigenvalue weighted by Gasteiger charge is 2.50. The van der Waals surface area contributed by atoms with Crippen LogP contribution in [0.1, 0.15) is 30.5 Å². The van der Waals surface area contributed by atoms with E-state index in [2.05, 4.69) is 0 Å². The number of esters is 2. The molecule has 4 aromatic carbocycles. The summed E-state index contributed by atoms with van der Waals surface area (Å²) < 4.78 is 65.6. The third-order valence-corrected chi connectivity index (χ3v) is 10.3. The van der Waals surface area contributed by atoms with E-state index in [1.54, 1.807) is 48.7 Å². The van der Waals surface area contributed by atoms with Crippen LogP contribution in [0.5, 0.6) is 0 Å². The van der Waals surface area contributed by atoms with Gasteiger partial charge in [0.15, 0.2) is 12.4 Å². The minimum absolute atomic E-state index is 0.0964. The number of nitrogens with zero attached hydrogens (tertiary/aromatic N) is 1. The van der Waals surface area contributed by atoms with Gasteiger partial charge in [-0.05, 0) is 41.3 Å². The molecule has 11 nitrogen and oxygen atoms in total. The Kier molecular flexibility index (Phi) is 12.2. The van der Waals surface area contributed by atoms with Gasteiger partial charge in [0.1, 0.15) is 24.9 Å². The number of hydrogen-bond donors (Lipinski definition) is 0. The molecule has 2 heterocycles. The standard InChI is InChI=1S/C40H41NO10S/c1-28(42)47-27-36-37(50-29(2)43)38(48-25-30-14-6-3-7-15-30)39(49-26-31-16-8-4-9-17-31)40(51-36)46-23-22-32-24-41(35-21-13-12-20-34(32)35)52(44,45)33-18-10-5-11-19-33/h3-21,24,36-40H,22-23,25-27H2,1-2H3/t36-,37-,38+,39-,40-/m1/s1. The van der Waals surface area contributed by atoms with Gasteiger partial charge in [0.25, 0.3) is 10.0 Å². The van der Waals surface area contributed by atoms with Gasteiger partial charge in [0.2, 0.25) is 0 Å². The van der Waals surface area contributed by atoms with Gasteiger partial charge in [0, 0.05) is 25.4 Å². The number of carbonyl (C=O) groups excluding carboxylic acids is 2. The number of aromatic nitrogens is 1. The molecule has 0 N–H and O–H groups in total. The Hall–Kier alpha value is -4.85. The summed E-state index contributed by atoms with van der Waals surface area (Å²) in [6.07, 6.45) is -2.88. The number of benzene rings is 4. The first-order valence-electron chi connectivity index (χ1n) is 17.0. The van der Waals surface area contributed by atoms with Crippen molar-refractivity contribution in [3.63, 3.8) is 0 Å². The average molecular weight is 728 g/mol. The lowest BCUT2D eigenvalue weighted by atomic mass is 9.98. The van der Waals surface area contributed by atoms with E-state index in [0.29, 0.717) is 11.9 Å². The SMILES string of the molecule is CC(=O)OC[C@H]1O[C@@H](OCCc2cn(S(=O)(=O)c3ccccc3)c3ccccc23)[C@H](OCc2ccccc2)[C@@H](OCc2ccccc2)[C@@H]1OC(C)=O. The molecule has 1 aliphatic heterocycles. The molecule has 0 unspecified atom stereocenters. The number of ether oxygens (including phenoxy) is 6. The molecule has 0 amide bonds. The van der Waals surface area contributed by atoms with Crippen molar-refractivity contribution in [2.45, 2.75) is 69.1 Å². The van der Waals surface area contributed by atoms with Gasteiger partial charge < -0.3 is 28.4 Å². The predicted molar refractivity (Wildman–Crippen MR) is 192 cm³/mol. The van der Waals surface area contributed by atoms with Crippen LogP contribution in [0.2, 0.25) is 0 Å². The van der Waals surface area contributed by atoms with Crippen LogP contribution in [0.4, 0.5) is 0 Å². The molecule has 272 valence electrons. The van der Waals surface area contributed by atoms with Crippen molar-refractivity contribution in [3.8, 4) is 0 Å². The first kappa shape index (κ1) is 36.9. The minimum Gasteiger partial charge on any atom is -0.463 e. The number of para-hydroxylation sites is 1. The summed E-state index contributed by atoms with van der Waals surface area (Å²) in [5.41, 5.74) is 3.06. The second-order valence-corrected chi connectivity index (χ2v) is 14.2. The molecule has 0 aliphatic carbocycles. The second-order valence-electron chi connectivity index (χ2n) is 12.3. The van der Waals surface area contributed by atoms with E-state index in [0.717, 1.165) is 22.1 Å². The van der Waals surface area contributed by atoms with Gasteiger partial charge in [-0.15, -0.1) is 0 Å². The summed E-state index contributed by atoms with van der Waals surface area (Å²) in [4.78, 5) is 24.5. The van der Waals surface area contributed by atoms with E-state index in [1.165, 1.54) is 17.8 Å². The van der Waals surface area contributed by atoms with Crippen molar-refractivity contribution in [2.75, 3.05) is 13.2 Å². The maximum absolute atomic E-state index is 13.7. The number of rotatable bonds is 15. The molecule has 52 heavy (non-hydrogen) atoms. The summed E-state index contributed by atoms with van der Waals surface area (Å²) in [5, 5.41) is 0.763. The highest BCUT2D eigenvalue weighted by molar-refractivity contribution is 7.90. The quantitative estimate of drug-likeness (QED) is 0.122.